The van der Waals surface area contributed by atoms with Crippen molar-refractivity contribution in [3.05, 3.63) is 58.7 Å². The monoisotopic (exact) mass is 355 g/mol. The minimum atomic E-state index is -1.81. The molecule has 0 aromatic heterocycles. The molecule has 25 heavy (non-hydrogen) atoms. The van der Waals surface area contributed by atoms with Crippen LogP contribution in [0.4, 0.5) is 23.2 Å². The summed E-state index contributed by atoms with van der Waals surface area (Å²) in [6.07, 6.45) is 0.765. The number of carbonyl (C=O) groups is 1. The van der Waals surface area contributed by atoms with Crippen LogP contribution >= 0.6 is 0 Å². The van der Waals surface area contributed by atoms with E-state index in [2.05, 4.69) is 10.1 Å². The SMILES string of the molecule is CC[C@H](C)c1ccccc1NC(=O)c1c(F)c(F)c(OC)c(F)c1F. The molecule has 7 heteroatoms. The first-order valence-electron chi connectivity index (χ1n) is 7.63. The molecule has 0 radical (unpaired) electrons. The van der Waals surface area contributed by atoms with Gasteiger partial charge in [-0.3, -0.25) is 4.79 Å². The van der Waals surface area contributed by atoms with Crippen molar-refractivity contribution in [2.75, 3.05) is 12.4 Å². The zero-order valence-corrected chi connectivity index (χ0v) is 13.9. The molecule has 2 aromatic carbocycles. The second-order valence-corrected chi connectivity index (χ2v) is 5.51. The van der Waals surface area contributed by atoms with Gasteiger partial charge in [-0.25, -0.2) is 8.78 Å². The Hall–Kier alpha value is -2.57. The van der Waals surface area contributed by atoms with Crippen LogP contribution in [-0.4, -0.2) is 13.0 Å². The second-order valence-electron chi connectivity index (χ2n) is 5.51. The highest BCUT2D eigenvalue weighted by atomic mass is 19.2. The lowest BCUT2D eigenvalue weighted by Gasteiger charge is -2.16. The molecule has 0 heterocycles. The molecule has 0 saturated carbocycles. The molecule has 2 rings (SSSR count). The number of ether oxygens (including phenoxy) is 1. The van der Waals surface area contributed by atoms with Crippen molar-refractivity contribution in [2.45, 2.75) is 26.2 Å². The predicted octanol–water partition coefficient (Wildman–Crippen LogP) is 5.02. The Morgan fingerprint density at radius 1 is 1.08 bits per heavy atom. The van der Waals surface area contributed by atoms with E-state index in [1.165, 1.54) is 0 Å². The van der Waals surface area contributed by atoms with Crippen molar-refractivity contribution in [1.82, 2.24) is 0 Å². The van der Waals surface area contributed by atoms with Gasteiger partial charge in [0.15, 0.2) is 17.4 Å². The molecule has 0 aliphatic rings. The molecule has 134 valence electrons. The standard InChI is InChI=1S/C18H17F4NO2/c1-4-9(2)10-7-5-6-8-11(10)23-18(24)12-13(19)15(21)17(25-3)16(22)14(12)20/h5-9H,4H2,1-3H3,(H,23,24)/t9-/m0/s1. The maximum atomic E-state index is 14.0. The van der Waals surface area contributed by atoms with E-state index in [0.717, 1.165) is 19.1 Å². The smallest absolute Gasteiger partial charge is 0.261 e. The van der Waals surface area contributed by atoms with Crippen LogP contribution in [0.1, 0.15) is 42.1 Å². The zero-order chi connectivity index (χ0) is 18.7. The van der Waals surface area contributed by atoms with Gasteiger partial charge < -0.3 is 10.1 Å². The van der Waals surface area contributed by atoms with Crippen LogP contribution in [0.5, 0.6) is 5.75 Å². The summed E-state index contributed by atoms with van der Waals surface area (Å²) in [7, 11) is 0.864. The van der Waals surface area contributed by atoms with Crippen molar-refractivity contribution in [3.63, 3.8) is 0 Å². The van der Waals surface area contributed by atoms with E-state index < -0.39 is 40.5 Å². The van der Waals surface area contributed by atoms with Gasteiger partial charge in [-0.05, 0) is 24.0 Å². The second kappa shape index (κ2) is 7.55. The number of halogens is 4. The fourth-order valence-electron chi connectivity index (χ4n) is 2.44. The fourth-order valence-corrected chi connectivity index (χ4v) is 2.44. The number of benzene rings is 2. The van der Waals surface area contributed by atoms with Crippen molar-refractivity contribution in [2.24, 2.45) is 0 Å². The minimum Gasteiger partial charge on any atom is -0.491 e. The number of rotatable bonds is 5. The molecule has 0 unspecified atom stereocenters. The maximum Gasteiger partial charge on any atom is 0.261 e. The summed E-state index contributed by atoms with van der Waals surface area (Å²) in [5.74, 6) is -9.58. The first-order chi connectivity index (χ1) is 11.8. The van der Waals surface area contributed by atoms with Gasteiger partial charge in [-0.15, -0.1) is 0 Å². The average Bonchev–Trinajstić information content (AvgIpc) is 2.60. The number of amides is 1. The van der Waals surface area contributed by atoms with Crippen LogP contribution in [-0.2, 0) is 0 Å². The topological polar surface area (TPSA) is 38.3 Å². The lowest BCUT2D eigenvalue weighted by atomic mass is 9.96. The van der Waals surface area contributed by atoms with E-state index in [0.29, 0.717) is 5.69 Å². The van der Waals surface area contributed by atoms with E-state index in [1.807, 2.05) is 13.8 Å². The molecule has 0 saturated heterocycles. The van der Waals surface area contributed by atoms with E-state index in [4.69, 9.17) is 0 Å². The van der Waals surface area contributed by atoms with Crippen LogP contribution in [0, 0.1) is 23.3 Å². The van der Waals surface area contributed by atoms with E-state index in [-0.39, 0.29) is 5.92 Å². The third-order valence-electron chi connectivity index (χ3n) is 4.01. The normalized spacial score (nSPS) is 12.0. The Labute approximate surface area is 142 Å². The average molecular weight is 355 g/mol. The van der Waals surface area contributed by atoms with Crippen molar-refractivity contribution >= 4 is 11.6 Å². The lowest BCUT2D eigenvalue weighted by molar-refractivity contribution is 0.101. The van der Waals surface area contributed by atoms with Crippen LogP contribution in [0.25, 0.3) is 0 Å². The molecule has 1 atom stereocenters. The summed E-state index contributed by atoms with van der Waals surface area (Å²) >= 11 is 0. The number of methoxy groups -OCH3 is 1. The Balaban J connectivity index is 2.48. The van der Waals surface area contributed by atoms with Crippen molar-refractivity contribution in [3.8, 4) is 5.75 Å². The Kier molecular flexibility index (Phi) is 5.66. The van der Waals surface area contributed by atoms with E-state index in [1.54, 1.807) is 24.3 Å². The fraction of sp³-hybridized carbons (Fsp3) is 0.278. The summed E-state index contributed by atoms with van der Waals surface area (Å²) in [5.41, 5.74) is -0.277. The number of hydrogen-bond acceptors (Lipinski definition) is 2. The van der Waals surface area contributed by atoms with Crippen LogP contribution in [0.2, 0.25) is 0 Å². The zero-order valence-electron chi connectivity index (χ0n) is 13.9. The summed E-state index contributed by atoms with van der Waals surface area (Å²) < 4.78 is 59.9. The highest BCUT2D eigenvalue weighted by Gasteiger charge is 2.30. The van der Waals surface area contributed by atoms with Gasteiger partial charge in [0, 0.05) is 5.69 Å². The molecule has 0 spiro atoms. The summed E-state index contributed by atoms with van der Waals surface area (Å²) in [5, 5.41) is 2.32. The number of hydrogen-bond donors (Lipinski definition) is 1. The Morgan fingerprint density at radius 3 is 2.16 bits per heavy atom. The van der Waals surface area contributed by atoms with Crippen molar-refractivity contribution in [1.29, 1.82) is 0 Å². The van der Waals surface area contributed by atoms with Crippen LogP contribution in [0.3, 0.4) is 0 Å². The molecule has 0 aliphatic carbocycles. The number of carbonyl (C=O) groups excluding carboxylic acids is 1. The maximum absolute atomic E-state index is 14.0. The van der Waals surface area contributed by atoms with Gasteiger partial charge in [0.05, 0.1) is 7.11 Å². The third-order valence-corrected chi connectivity index (χ3v) is 4.01. The number of nitrogens with one attached hydrogen (secondary N) is 1. The van der Waals surface area contributed by atoms with Crippen molar-refractivity contribution < 1.29 is 27.1 Å². The summed E-state index contributed by atoms with van der Waals surface area (Å²) in [6.45, 7) is 3.86. The molecule has 0 aliphatic heterocycles. The summed E-state index contributed by atoms with van der Waals surface area (Å²) in [4.78, 5) is 12.3. The van der Waals surface area contributed by atoms with Gasteiger partial charge in [0.2, 0.25) is 11.6 Å². The predicted molar refractivity (Wildman–Crippen MR) is 85.9 cm³/mol. The number of para-hydroxylation sites is 1. The van der Waals surface area contributed by atoms with Gasteiger partial charge in [0.1, 0.15) is 5.56 Å². The molecule has 1 N–H and O–H groups in total. The summed E-state index contributed by atoms with van der Waals surface area (Å²) in [6, 6.07) is 6.69. The van der Waals surface area contributed by atoms with Gasteiger partial charge in [-0.2, -0.15) is 8.78 Å². The largest absolute Gasteiger partial charge is 0.491 e. The molecule has 2 aromatic rings. The van der Waals surface area contributed by atoms with Crippen LogP contribution < -0.4 is 10.1 Å². The van der Waals surface area contributed by atoms with Gasteiger partial charge in [-0.1, -0.05) is 32.0 Å². The number of anilines is 1. The molecule has 0 bridgehead atoms. The van der Waals surface area contributed by atoms with Gasteiger partial charge in [0.25, 0.3) is 5.91 Å². The molecule has 3 nitrogen and oxygen atoms in total. The van der Waals surface area contributed by atoms with Crippen LogP contribution in [0.15, 0.2) is 24.3 Å². The molecular weight excluding hydrogens is 338 g/mol. The van der Waals surface area contributed by atoms with E-state index >= 15 is 0 Å². The highest BCUT2D eigenvalue weighted by molar-refractivity contribution is 6.05. The minimum absolute atomic E-state index is 0.0653. The Morgan fingerprint density at radius 2 is 1.64 bits per heavy atom. The first-order valence-corrected chi connectivity index (χ1v) is 7.63. The Bertz CT molecular complexity index is 779. The highest BCUT2D eigenvalue weighted by Crippen LogP contribution is 2.31. The van der Waals surface area contributed by atoms with Gasteiger partial charge >= 0.3 is 0 Å². The molecular formula is C18H17F4NO2. The molecule has 0 fully saturated rings. The first kappa shape index (κ1) is 18.8. The third kappa shape index (κ3) is 3.45. The lowest BCUT2D eigenvalue weighted by Crippen LogP contribution is -2.19. The quantitative estimate of drug-likeness (QED) is 0.604. The van der Waals surface area contributed by atoms with E-state index in [9.17, 15) is 22.4 Å². The molecule has 1 amide bonds.